The van der Waals surface area contributed by atoms with Gasteiger partial charge in [-0.2, -0.15) is 0 Å². The maximum Gasteiger partial charge on any atom is 0.194 e. The van der Waals surface area contributed by atoms with E-state index in [0.717, 1.165) is 5.56 Å². The zero-order valence-corrected chi connectivity index (χ0v) is 15.6. The third-order valence-corrected chi connectivity index (χ3v) is 9.07. The van der Waals surface area contributed by atoms with Gasteiger partial charge >= 0.3 is 0 Å². The van der Waals surface area contributed by atoms with E-state index >= 15 is 0 Å². The van der Waals surface area contributed by atoms with Gasteiger partial charge < -0.3 is 4.43 Å². The number of aromatic nitrogens is 1. The highest BCUT2D eigenvalue weighted by molar-refractivity contribution is 6.74. The number of pyridine rings is 1. The highest BCUT2D eigenvalue weighted by Crippen LogP contribution is 2.37. The van der Waals surface area contributed by atoms with Gasteiger partial charge in [0.15, 0.2) is 14.1 Å². The first-order chi connectivity index (χ1) is 10.7. The molecule has 0 aliphatic rings. The van der Waals surface area contributed by atoms with Crippen molar-refractivity contribution in [1.82, 2.24) is 4.98 Å². The van der Waals surface area contributed by atoms with Gasteiger partial charge in [0.1, 0.15) is 0 Å². The van der Waals surface area contributed by atoms with Crippen LogP contribution in [0.2, 0.25) is 18.1 Å². The number of hydrogen-bond donors (Lipinski definition) is 0. The van der Waals surface area contributed by atoms with Crippen molar-refractivity contribution in [2.75, 3.05) is 0 Å². The maximum absolute atomic E-state index is 12.7. The van der Waals surface area contributed by atoms with Gasteiger partial charge in [-0.1, -0.05) is 51.1 Å². The summed E-state index contributed by atoms with van der Waals surface area (Å²) in [6.45, 7) is 11.5. The highest BCUT2D eigenvalue weighted by atomic mass is 28.4. The van der Waals surface area contributed by atoms with E-state index in [2.05, 4.69) is 38.8 Å². The molecule has 4 heteroatoms. The van der Waals surface area contributed by atoms with Gasteiger partial charge in [-0.3, -0.25) is 9.78 Å². The van der Waals surface area contributed by atoms with E-state index in [-0.39, 0.29) is 10.8 Å². The van der Waals surface area contributed by atoms with Gasteiger partial charge in [0.25, 0.3) is 0 Å². The molecule has 122 valence electrons. The van der Waals surface area contributed by atoms with Gasteiger partial charge in [0.2, 0.25) is 0 Å². The van der Waals surface area contributed by atoms with Crippen LogP contribution in [0.5, 0.6) is 0 Å². The molecule has 0 saturated heterocycles. The first-order valence-electron chi connectivity index (χ1n) is 7.89. The van der Waals surface area contributed by atoms with Gasteiger partial charge in [0, 0.05) is 23.5 Å². The van der Waals surface area contributed by atoms with Crippen molar-refractivity contribution in [2.45, 2.75) is 45.5 Å². The van der Waals surface area contributed by atoms with E-state index in [0.29, 0.717) is 17.7 Å². The molecule has 0 unspecified atom stereocenters. The lowest BCUT2D eigenvalue weighted by Gasteiger charge is -2.36. The van der Waals surface area contributed by atoms with Crippen LogP contribution in [0.1, 0.15) is 42.3 Å². The molecule has 0 radical (unpaired) electrons. The topological polar surface area (TPSA) is 39.2 Å². The third-order valence-electron chi connectivity index (χ3n) is 4.59. The average molecular weight is 328 g/mol. The molecule has 2 aromatic rings. The number of benzene rings is 1. The van der Waals surface area contributed by atoms with E-state index in [9.17, 15) is 4.79 Å². The lowest BCUT2D eigenvalue weighted by molar-refractivity contribution is 0.103. The molecule has 1 aromatic carbocycles. The number of hydrogen-bond acceptors (Lipinski definition) is 3. The molecule has 2 rings (SSSR count). The minimum absolute atomic E-state index is 0.00692. The molecule has 0 fully saturated rings. The van der Waals surface area contributed by atoms with E-state index in [1.807, 2.05) is 36.4 Å². The fraction of sp³-hybridized carbons (Fsp3) is 0.368. The minimum atomic E-state index is -1.86. The first kappa shape index (κ1) is 17.6. The smallest absolute Gasteiger partial charge is 0.194 e. The van der Waals surface area contributed by atoms with Crippen LogP contribution >= 0.6 is 0 Å². The van der Waals surface area contributed by atoms with Crippen molar-refractivity contribution >= 4 is 14.1 Å². The van der Waals surface area contributed by atoms with Gasteiger partial charge in [0.05, 0.1) is 6.61 Å². The van der Waals surface area contributed by atoms with Gasteiger partial charge in [-0.05, 0) is 29.8 Å². The van der Waals surface area contributed by atoms with Gasteiger partial charge in [-0.25, -0.2) is 0 Å². The van der Waals surface area contributed by atoms with Crippen molar-refractivity contribution in [3.8, 4) is 0 Å². The second kappa shape index (κ2) is 6.77. The molecule has 0 spiro atoms. The predicted octanol–water partition coefficient (Wildman–Crippen LogP) is 4.83. The summed E-state index contributed by atoms with van der Waals surface area (Å²) in [5.74, 6) is -0.00692. The predicted molar refractivity (Wildman–Crippen MR) is 96.1 cm³/mol. The summed E-state index contributed by atoms with van der Waals surface area (Å²) in [4.78, 5) is 16.8. The summed E-state index contributed by atoms with van der Waals surface area (Å²) < 4.78 is 6.27. The summed E-state index contributed by atoms with van der Waals surface area (Å²) in [6.07, 6.45) is 3.35. The Balaban J connectivity index is 2.24. The molecule has 23 heavy (non-hydrogen) atoms. The number of carbonyl (C=O) groups is 1. The number of rotatable bonds is 5. The molecule has 0 aliphatic carbocycles. The van der Waals surface area contributed by atoms with Crippen LogP contribution in [0, 0.1) is 0 Å². The van der Waals surface area contributed by atoms with Crippen LogP contribution < -0.4 is 0 Å². The van der Waals surface area contributed by atoms with E-state index in [1.165, 1.54) is 0 Å². The van der Waals surface area contributed by atoms with Crippen molar-refractivity contribution in [1.29, 1.82) is 0 Å². The lowest BCUT2D eigenvalue weighted by Crippen LogP contribution is -2.40. The zero-order chi connectivity index (χ0) is 17.1. The Labute approximate surface area is 139 Å². The summed E-state index contributed by atoms with van der Waals surface area (Å²) in [5.41, 5.74) is 2.20. The largest absolute Gasteiger partial charge is 0.413 e. The molecule has 0 bridgehead atoms. The van der Waals surface area contributed by atoms with Crippen LogP contribution in [-0.4, -0.2) is 19.1 Å². The van der Waals surface area contributed by atoms with Crippen molar-refractivity contribution in [2.24, 2.45) is 0 Å². The van der Waals surface area contributed by atoms with E-state index in [1.54, 1.807) is 12.4 Å². The molecular formula is C19H25NO2Si. The highest BCUT2D eigenvalue weighted by Gasteiger charge is 2.37. The van der Waals surface area contributed by atoms with E-state index in [4.69, 9.17) is 4.43 Å². The third kappa shape index (κ3) is 4.15. The second-order valence-corrected chi connectivity index (χ2v) is 12.1. The van der Waals surface area contributed by atoms with Gasteiger partial charge in [-0.15, -0.1) is 0 Å². The Morgan fingerprint density at radius 3 is 2.39 bits per heavy atom. The molecule has 0 saturated carbocycles. The lowest BCUT2D eigenvalue weighted by atomic mass is 10.0. The molecule has 1 aromatic heterocycles. The Hall–Kier alpha value is -1.78. The molecule has 0 amide bonds. The van der Waals surface area contributed by atoms with E-state index < -0.39 is 8.32 Å². The normalized spacial score (nSPS) is 12.2. The summed E-state index contributed by atoms with van der Waals surface area (Å²) >= 11 is 0. The molecule has 0 N–H and O–H groups in total. The molecule has 0 aliphatic heterocycles. The number of carbonyl (C=O) groups excluding carboxylic acids is 1. The second-order valence-electron chi connectivity index (χ2n) is 7.28. The Kier molecular flexibility index (Phi) is 5.17. The molecule has 1 heterocycles. The fourth-order valence-corrected chi connectivity index (χ4v) is 2.92. The number of ketones is 1. The van der Waals surface area contributed by atoms with Crippen LogP contribution in [0.25, 0.3) is 0 Å². The first-order valence-corrected chi connectivity index (χ1v) is 10.8. The Morgan fingerprint density at radius 1 is 1.13 bits per heavy atom. The molecular weight excluding hydrogens is 302 g/mol. The van der Waals surface area contributed by atoms with Crippen LogP contribution in [0.4, 0.5) is 0 Å². The summed E-state index contributed by atoms with van der Waals surface area (Å²) in [6, 6.07) is 11.2. The monoisotopic (exact) mass is 327 g/mol. The average Bonchev–Trinajstić information content (AvgIpc) is 2.52. The number of nitrogens with zero attached hydrogens (tertiary/aromatic N) is 1. The standard InChI is InChI=1S/C19H25NO2Si/c1-19(2,3)23(4,5)22-14-16-11-12-20-13-17(16)18(21)15-9-7-6-8-10-15/h6-13H,14H2,1-5H3. The van der Waals surface area contributed by atoms with Crippen molar-refractivity contribution in [3.05, 3.63) is 65.5 Å². The summed E-state index contributed by atoms with van der Waals surface area (Å²) in [7, 11) is -1.86. The molecule has 3 nitrogen and oxygen atoms in total. The minimum Gasteiger partial charge on any atom is -0.413 e. The Morgan fingerprint density at radius 2 is 1.78 bits per heavy atom. The Bertz CT molecular complexity index is 675. The SMILES string of the molecule is CC(C)(C)[Si](C)(C)OCc1ccncc1C(=O)c1ccccc1. The quantitative estimate of drug-likeness (QED) is 0.583. The van der Waals surface area contributed by atoms with Crippen LogP contribution in [0.3, 0.4) is 0 Å². The van der Waals surface area contributed by atoms with Crippen LogP contribution in [0.15, 0.2) is 48.8 Å². The van der Waals surface area contributed by atoms with Crippen LogP contribution in [-0.2, 0) is 11.0 Å². The fourth-order valence-electron chi connectivity index (χ4n) is 1.97. The molecule has 0 atom stereocenters. The van der Waals surface area contributed by atoms with Crippen molar-refractivity contribution in [3.63, 3.8) is 0 Å². The summed E-state index contributed by atoms with van der Waals surface area (Å²) in [5, 5.41) is 0.142. The maximum atomic E-state index is 12.7. The van der Waals surface area contributed by atoms with Crippen molar-refractivity contribution < 1.29 is 9.22 Å². The zero-order valence-electron chi connectivity index (χ0n) is 14.6.